The highest BCUT2D eigenvalue weighted by molar-refractivity contribution is 9.10. The normalized spacial score (nSPS) is 33.1. The van der Waals surface area contributed by atoms with Gasteiger partial charge >= 0.3 is 0 Å². The van der Waals surface area contributed by atoms with Gasteiger partial charge in [0.05, 0.1) is 12.0 Å². The zero-order valence-electron chi connectivity index (χ0n) is 17.0. The summed E-state index contributed by atoms with van der Waals surface area (Å²) in [5.74, 6) is 2.12. The molecule has 7 heteroatoms. The Labute approximate surface area is 180 Å². The van der Waals surface area contributed by atoms with Gasteiger partial charge in [0, 0.05) is 4.32 Å². The predicted octanol–water partition coefficient (Wildman–Crippen LogP) is 3.73. The molecular formula is C22H29BrN2O4. The number of halogens is 1. The lowest BCUT2D eigenvalue weighted by molar-refractivity contribution is -0.147. The lowest BCUT2D eigenvalue weighted by atomic mass is 9.49. The molecule has 6 nitrogen and oxygen atoms in total. The minimum Gasteiger partial charge on any atom is -0.494 e. The largest absolute Gasteiger partial charge is 0.494 e. The van der Waals surface area contributed by atoms with Crippen LogP contribution >= 0.6 is 15.9 Å². The van der Waals surface area contributed by atoms with Crippen LogP contribution in [0.15, 0.2) is 24.3 Å². The number of carbonyl (C=O) groups excluding carboxylic acids is 2. The number of hydrogen-bond acceptors (Lipinski definition) is 4. The van der Waals surface area contributed by atoms with E-state index in [1.165, 1.54) is 6.42 Å². The Morgan fingerprint density at radius 2 is 1.72 bits per heavy atom. The molecule has 3 unspecified atom stereocenters. The van der Waals surface area contributed by atoms with Crippen LogP contribution in [0.3, 0.4) is 0 Å². The first-order valence-corrected chi connectivity index (χ1v) is 11.3. The van der Waals surface area contributed by atoms with Crippen LogP contribution in [0, 0.1) is 17.3 Å². The maximum atomic E-state index is 13.0. The second-order valence-corrected chi connectivity index (χ2v) is 10.7. The molecule has 0 heterocycles. The Hall–Kier alpha value is -1.76. The van der Waals surface area contributed by atoms with Crippen LogP contribution < -0.4 is 20.3 Å². The first-order chi connectivity index (χ1) is 13.8. The lowest BCUT2D eigenvalue weighted by Crippen LogP contribution is -2.60. The molecule has 0 aliphatic heterocycles. The molecule has 5 rings (SSSR count). The zero-order valence-corrected chi connectivity index (χ0v) is 18.6. The number of rotatable bonds is 6. The smallest absolute Gasteiger partial charge is 0.279 e. The van der Waals surface area contributed by atoms with E-state index in [4.69, 9.17) is 9.47 Å². The van der Waals surface area contributed by atoms with Crippen molar-refractivity contribution in [3.8, 4) is 11.5 Å². The maximum absolute atomic E-state index is 13.0. The molecule has 0 saturated heterocycles. The van der Waals surface area contributed by atoms with E-state index in [1.54, 1.807) is 31.2 Å². The molecule has 4 aliphatic rings. The van der Waals surface area contributed by atoms with Crippen LogP contribution in [0.2, 0.25) is 0 Å². The second-order valence-electron chi connectivity index (χ2n) is 9.00. The van der Waals surface area contributed by atoms with Crippen molar-refractivity contribution in [1.29, 1.82) is 0 Å². The molecule has 158 valence electrons. The molecular weight excluding hydrogens is 436 g/mol. The zero-order chi connectivity index (χ0) is 20.6. The fourth-order valence-electron chi connectivity index (χ4n) is 5.81. The van der Waals surface area contributed by atoms with Gasteiger partial charge in [0.2, 0.25) is 5.91 Å². The fraction of sp³-hybridized carbons (Fsp3) is 0.636. The Morgan fingerprint density at radius 3 is 2.31 bits per heavy atom. The van der Waals surface area contributed by atoms with Crippen molar-refractivity contribution in [2.75, 3.05) is 6.61 Å². The van der Waals surface area contributed by atoms with E-state index in [0.717, 1.165) is 37.9 Å². The van der Waals surface area contributed by atoms with Crippen molar-refractivity contribution in [3.63, 3.8) is 0 Å². The van der Waals surface area contributed by atoms with Crippen molar-refractivity contribution in [3.05, 3.63) is 24.3 Å². The Kier molecular flexibility index (Phi) is 5.53. The molecule has 3 atom stereocenters. The van der Waals surface area contributed by atoms with E-state index in [0.29, 0.717) is 24.2 Å². The highest BCUT2D eigenvalue weighted by atomic mass is 79.9. The first kappa shape index (κ1) is 20.5. The first-order valence-electron chi connectivity index (χ1n) is 10.5. The van der Waals surface area contributed by atoms with Crippen molar-refractivity contribution >= 4 is 27.7 Å². The number of hydrazine groups is 1. The van der Waals surface area contributed by atoms with Crippen LogP contribution in [-0.4, -0.2) is 28.8 Å². The summed E-state index contributed by atoms with van der Waals surface area (Å²) >= 11 is 3.92. The summed E-state index contributed by atoms with van der Waals surface area (Å²) in [6, 6.07) is 7.12. The molecule has 4 aliphatic carbocycles. The van der Waals surface area contributed by atoms with Crippen LogP contribution in [0.4, 0.5) is 0 Å². The van der Waals surface area contributed by atoms with Gasteiger partial charge in [-0.15, -0.1) is 0 Å². The van der Waals surface area contributed by atoms with Gasteiger partial charge in [-0.2, -0.15) is 0 Å². The number of amides is 2. The van der Waals surface area contributed by atoms with Crippen LogP contribution in [-0.2, 0) is 9.59 Å². The molecule has 4 saturated carbocycles. The van der Waals surface area contributed by atoms with Crippen molar-refractivity contribution in [2.24, 2.45) is 17.3 Å². The van der Waals surface area contributed by atoms with E-state index in [-0.39, 0.29) is 21.6 Å². The standard InChI is InChI=1S/C22H29BrN2O4/c1-3-28-17-4-6-18(7-5-17)29-14(2)19(26)24-25-20(27)21-9-15-8-16(10-21)12-22(23,11-15)13-21/h4-7,14-16H,3,8-13H2,1-2H3,(H,24,26)(H,25,27). The summed E-state index contributed by atoms with van der Waals surface area (Å²) in [5, 5.41) is 0. The molecule has 0 radical (unpaired) electrons. The van der Waals surface area contributed by atoms with Gasteiger partial charge in [-0.3, -0.25) is 20.4 Å². The number of hydrogen-bond donors (Lipinski definition) is 2. The fourth-order valence-corrected chi connectivity index (χ4v) is 7.26. The highest BCUT2D eigenvalue weighted by Crippen LogP contribution is 2.64. The van der Waals surface area contributed by atoms with Gasteiger partial charge in [0.25, 0.3) is 5.91 Å². The van der Waals surface area contributed by atoms with Gasteiger partial charge in [-0.25, -0.2) is 0 Å². The monoisotopic (exact) mass is 464 g/mol. The average Bonchev–Trinajstić information content (AvgIpc) is 2.65. The van der Waals surface area contributed by atoms with Crippen molar-refractivity contribution in [1.82, 2.24) is 10.9 Å². The van der Waals surface area contributed by atoms with Crippen molar-refractivity contribution in [2.45, 2.75) is 62.8 Å². The number of benzene rings is 1. The van der Waals surface area contributed by atoms with Gasteiger partial charge in [0.1, 0.15) is 11.5 Å². The lowest BCUT2D eigenvalue weighted by Gasteiger charge is -2.59. The summed E-state index contributed by atoms with van der Waals surface area (Å²) in [6.45, 7) is 4.18. The molecule has 2 N–H and O–H groups in total. The highest BCUT2D eigenvalue weighted by Gasteiger charge is 2.59. The van der Waals surface area contributed by atoms with Gasteiger partial charge in [-0.1, -0.05) is 15.9 Å². The van der Waals surface area contributed by atoms with E-state index in [2.05, 4.69) is 26.8 Å². The summed E-state index contributed by atoms with van der Waals surface area (Å²) in [6.07, 6.45) is 5.55. The van der Waals surface area contributed by atoms with E-state index >= 15 is 0 Å². The topological polar surface area (TPSA) is 76.7 Å². The third kappa shape index (κ3) is 4.25. The summed E-state index contributed by atoms with van der Waals surface area (Å²) in [5.41, 5.74) is 4.90. The number of carbonyl (C=O) groups is 2. The molecule has 4 bridgehead atoms. The average molecular weight is 465 g/mol. The summed E-state index contributed by atoms with van der Waals surface area (Å²) in [7, 11) is 0. The predicted molar refractivity (Wildman–Crippen MR) is 113 cm³/mol. The van der Waals surface area contributed by atoms with Crippen LogP contribution in [0.1, 0.15) is 52.4 Å². The number of ether oxygens (including phenoxy) is 2. The quantitative estimate of drug-likeness (QED) is 0.496. The third-order valence-corrected chi connectivity index (χ3v) is 7.52. The molecule has 29 heavy (non-hydrogen) atoms. The summed E-state index contributed by atoms with van der Waals surface area (Å²) < 4.78 is 11.2. The molecule has 4 fully saturated rings. The molecule has 1 aromatic carbocycles. The van der Waals surface area contributed by atoms with E-state index < -0.39 is 6.10 Å². The molecule has 2 amide bonds. The molecule has 1 aromatic rings. The maximum Gasteiger partial charge on any atom is 0.279 e. The Bertz CT molecular complexity index is 768. The molecule has 0 spiro atoms. The van der Waals surface area contributed by atoms with Crippen LogP contribution in [0.5, 0.6) is 11.5 Å². The third-order valence-electron chi connectivity index (χ3n) is 6.59. The SMILES string of the molecule is CCOc1ccc(OC(C)C(=O)NNC(=O)C23CC4CC(CC(Br)(C4)C2)C3)cc1. The Balaban J connectivity index is 1.30. The number of nitrogens with one attached hydrogen (secondary N) is 2. The number of alkyl halides is 1. The van der Waals surface area contributed by atoms with E-state index in [9.17, 15) is 9.59 Å². The van der Waals surface area contributed by atoms with Crippen molar-refractivity contribution < 1.29 is 19.1 Å². The van der Waals surface area contributed by atoms with Crippen LogP contribution in [0.25, 0.3) is 0 Å². The minimum atomic E-state index is -0.730. The second kappa shape index (κ2) is 7.82. The van der Waals surface area contributed by atoms with E-state index in [1.807, 2.05) is 6.92 Å². The van der Waals surface area contributed by atoms with Gasteiger partial charge in [-0.05, 0) is 88.5 Å². The molecule has 0 aromatic heterocycles. The summed E-state index contributed by atoms with van der Waals surface area (Å²) in [4.78, 5) is 25.4. The minimum absolute atomic E-state index is 0.0583. The van der Waals surface area contributed by atoms with Gasteiger partial charge in [0.15, 0.2) is 6.10 Å². The van der Waals surface area contributed by atoms with Gasteiger partial charge < -0.3 is 9.47 Å². The Morgan fingerprint density at radius 1 is 1.10 bits per heavy atom.